The predicted octanol–water partition coefficient (Wildman–Crippen LogP) is 4.15. The molecular weight excluding hydrogens is 341 g/mol. The predicted molar refractivity (Wildman–Crippen MR) is 83.1 cm³/mol. The van der Waals surface area contributed by atoms with E-state index in [0.717, 1.165) is 43.7 Å². The van der Waals surface area contributed by atoms with Crippen LogP contribution in [-0.4, -0.2) is 24.2 Å². The number of hydrogen-bond donors (Lipinski definition) is 0. The maximum atomic E-state index is 12.5. The molecule has 0 fully saturated rings. The Morgan fingerprint density at radius 2 is 1.84 bits per heavy atom. The van der Waals surface area contributed by atoms with Crippen molar-refractivity contribution >= 4 is 23.6 Å². The van der Waals surface area contributed by atoms with Gasteiger partial charge in [0, 0.05) is 12.3 Å². The quantitative estimate of drug-likeness (QED) is 0.358. The molecule has 0 aliphatic heterocycles. The molecule has 2 aromatic carbocycles. The molecule has 0 saturated heterocycles. The van der Waals surface area contributed by atoms with Crippen molar-refractivity contribution in [3.8, 4) is 0 Å². The van der Waals surface area contributed by atoms with E-state index in [9.17, 15) is 28.1 Å². The molecule has 0 heterocycles. The lowest BCUT2D eigenvalue weighted by Crippen LogP contribution is -2.04. The van der Waals surface area contributed by atoms with Gasteiger partial charge in [-0.25, -0.2) is 4.79 Å². The van der Waals surface area contributed by atoms with Crippen LogP contribution in [0.25, 0.3) is 0 Å². The molecule has 25 heavy (non-hydrogen) atoms. The van der Waals surface area contributed by atoms with E-state index in [-0.39, 0.29) is 22.5 Å². The van der Waals surface area contributed by atoms with Crippen molar-refractivity contribution in [1.82, 2.24) is 0 Å². The molecule has 0 unspecified atom stereocenters. The van der Waals surface area contributed by atoms with Crippen molar-refractivity contribution < 1.29 is 27.6 Å². The SMILES string of the molecule is COC(=O)c1ccc(/C=N/c2ccc(C(F)(F)F)cc2)c([N+](=O)[O-])c1. The third-order valence-electron chi connectivity index (χ3n) is 3.20. The second kappa shape index (κ2) is 7.12. The van der Waals surface area contributed by atoms with Crippen LogP contribution in [0.4, 0.5) is 24.5 Å². The Morgan fingerprint density at radius 1 is 1.20 bits per heavy atom. The third kappa shape index (κ3) is 4.40. The van der Waals surface area contributed by atoms with Crippen LogP contribution in [0.3, 0.4) is 0 Å². The monoisotopic (exact) mass is 352 g/mol. The molecule has 0 aliphatic carbocycles. The molecule has 0 aromatic heterocycles. The summed E-state index contributed by atoms with van der Waals surface area (Å²) in [6, 6.07) is 7.69. The molecule has 0 bridgehead atoms. The summed E-state index contributed by atoms with van der Waals surface area (Å²) in [5.74, 6) is -0.727. The molecule has 0 aliphatic rings. The highest BCUT2D eigenvalue weighted by Gasteiger charge is 2.29. The number of alkyl halides is 3. The summed E-state index contributed by atoms with van der Waals surface area (Å²) in [6.45, 7) is 0. The number of nitro groups is 1. The van der Waals surface area contributed by atoms with Gasteiger partial charge in [0.15, 0.2) is 0 Å². The molecule has 6 nitrogen and oxygen atoms in total. The van der Waals surface area contributed by atoms with Gasteiger partial charge in [0.05, 0.1) is 34.4 Å². The zero-order valence-corrected chi connectivity index (χ0v) is 12.8. The van der Waals surface area contributed by atoms with Gasteiger partial charge < -0.3 is 4.74 Å². The smallest absolute Gasteiger partial charge is 0.416 e. The van der Waals surface area contributed by atoms with Crippen LogP contribution in [-0.2, 0) is 10.9 Å². The Labute approximate surface area is 139 Å². The summed E-state index contributed by atoms with van der Waals surface area (Å²) in [4.78, 5) is 25.8. The van der Waals surface area contributed by atoms with Crippen molar-refractivity contribution in [3.05, 3.63) is 69.3 Å². The minimum Gasteiger partial charge on any atom is -0.465 e. The van der Waals surface area contributed by atoms with Gasteiger partial charge in [-0.3, -0.25) is 15.1 Å². The maximum Gasteiger partial charge on any atom is 0.416 e. The first-order chi connectivity index (χ1) is 11.7. The number of aliphatic imine (C=N–C) groups is 1. The number of methoxy groups -OCH3 is 1. The van der Waals surface area contributed by atoms with Gasteiger partial charge in [0.25, 0.3) is 5.69 Å². The third-order valence-corrected chi connectivity index (χ3v) is 3.20. The average molecular weight is 352 g/mol. The number of benzene rings is 2. The lowest BCUT2D eigenvalue weighted by Gasteiger charge is -2.05. The first kappa shape index (κ1) is 18.1. The molecule has 0 N–H and O–H groups in total. The highest BCUT2D eigenvalue weighted by atomic mass is 19.4. The van der Waals surface area contributed by atoms with Crippen LogP contribution in [0.2, 0.25) is 0 Å². The minimum absolute atomic E-state index is 0.000815. The highest BCUT2D eigenvalue weighted by molar-refractivity contribution is 5.94. The number of carbonyl (C=O) groups excluding carboxylic acids is 1. The Kier molecular flexibility index (Phi) is 5.16. The lowest BCUT2D eigenvalue weighted by molar-refractivity contribution is -0.385. The minimum atomic E-state index is -4.45. The molecule has 0 atom stereocenters. The normalized spacial score (nSPS) is 11.5. The van der Waals surface area contributed by atoms with Crippen LogP contribution in [0.5, 0.6) is 0 Å². The van der Waals surface area contributed by atoms with Crippen LogP contribution >= 0.6 is 0 Å². The first-order valence-electron chi connectivity index (χ1n) is 6.80. The topological polar surface area (TPSA) is 81.8 Å². The van der Waals surface area contributed by atoms with Crippen LogP contribution < -0.4 is 0 Å². The van der Waals surface area contributed by atoms with Crippen molar-refractivity contribution in [3.63, 3.8) is 0 Å². The number of nitro benzene ring substituents is 1. The van der Waals surface area contributed by atoms with Gasteiger partial charge in [-0.05, 0) is 36.4 Å². The molecule has 2 rings (SSSR count). The summed E-state index contributed by atoms with van der Waals surface area (Å²) < 4.78 is 42.0. The zero-order valence-electron chi connectivity index (χ0n) is 12.8. The van der Waals surface area contributed by atoms with E-state index in [0.29, 0.717) is 0 Å². The highest BCUT2D eigenvalue weighted by Crippen LogP contribution is 2.30. The average Bonchev–Trinajstić information content (AvgIpc) is 2.58. The molecule has 130 valence electrons. The lowest BCUT2D eigenvalue weighted by atomic mass is 10.1. The number of ether oxygens (including phenoxy) is 1. The second-order valence-corrected chi connectivity index (χ2v) is 4.83. The Balaban J connectivity index is 2.31. The summed E-state index contributed by atoms with van der Waals surface area (Å²) in [6.07, 6.45) is -3.31. The molecular formula is C16H11F3N2O4. The van der Waals surface area contributed by atoms with Gasteiger partial charge in [0.2, 0.25) is 0 Å². The van der Waals surface area contributed by atoms with Crippen LogP contribution in [0, 0.1) is 10.1 Å². The van der Waals surface area contributed by atoms with Crippen molar-refractivity contribution in [2.24, 2.45) is 4.99 Å². The Bertz CT molecular complexity index is 830. The van der Waals surface area contributed by atoms with Gasteiger partial charge in [-0.2, -0.15) is 13.2 Å². The van der Waals surface area contributed by atoms with E-state index in [1.807, 2.05) is 0 Å². The summed E-state index contributed by atoms with van der Waals surface area (Å²) in [5.41, 5.74) is -0.906. The van der Waals surface area contributed by atoms with E-state index in [2.05, 4.69) is 9.73 Å². The van der Waals surface area contributed by atoms with Gasteiger partial charge in [-0.1, -0.05) is 0 Å². The molecule has 0 saturated carbocycles. The molecule has 0 amide bonds. The maximum absolute atomic E-state index is 12.5. The largest absolute Gasteiger partial charge is 0.465 e. The summed E-state index contributed by atoms with van der Waals surface area (Å²) >= 11 is 0. The van der Waals surface area contributed by atoms with E-state index in [1.54, 1.807) is 0 Å². The molecule has 9 heteroatoms. The molecule has 2 aromatic rings. The zero-order chi connectivity index (χ0) is 18.6. The molecule has 0 spiro atoms. The standard InChI is InChI=1S/C16H11F3N2O4/c1-25-15(22)10-2-3-11(14(8-10)21(23)24)9-20-13-6-4-12(5-7-13)16(17,18)19/h2-9H,1H3/b20-9+. The fourth-order valence-corrected chi connectivity index (χ4v) is 1.94. The van der Waals surface area contributed by atoms with Crippen LogP contribution in [0.15, 0.2) is 47.5 Å². The Morgan fingerprint density at radius 3 is 2.36 bits per heavy atom. The van der Waals surface area contributed by atoms with Gasteiger partial charge in [0.1, 0.15) is 0 Å². The van der Waals surface area contributed by atoms with E-state index >= 15 is 0 Å². The number of carbonyl (C=O) groups is 1. The fraction of sp³-hybridized carbons (Fsp3) is 0.125. The summed E-state index contributed by atoms with van der Waals surface area (Å²) in [7, 11) is 1.15. The number of nitrogens with zero attached hydrogens (tertiary/aromatic N) is 2. The number of halogens is 3. The number of esters is 1. The van der Waals surface area contributed by atoms with E-state index in [4.69, 9.17) is 0 Å². The van der Waals surface area contributed by atoms with E-state index < -0.39 is 22.6 Å². The molecule has 0 radical (unpaired) electrons. The van der Waals surface area contributed by atoms with Crippen LogP contribution in [0.1, 0.15) is 21.5 Å². The number of rotatable bonds is 4. The van der Waals surface area contributed by atoms with Crippen molar-refractivity contribution in [2.75, 3.05) is 7.11 Å². The Hall–Kier alpha value is -3.23. The second-order valence-electron chi connectivity index (χ2n) is 4.83. The van der Waals surface area contributed by atoms with Gasteiger partial charge >= 0.3 is 12.1 Å². The first-order valence-corrected chi connectivity index (χ1v) is 6.80. The summed E-state index contributed by atoms with van der Waals surface area (Å²) in [5, 5.41) is 11.1. The van der Waals surface area contributed by atoms with Crippen molar-refractivity contribution in [1.29, 1.82) is 0 Å². The fourth-order valence-electron chi connectivity index (χ4n) is 1.94. The van der Waals surface area contributed by atoms with Crippen molar-refractivity contribution in [2.45, 2.75) is 6.18 Å². The number of hydrogen-bond acceptors (Lipinski definition) is 5. The van der Waals surface area contributed by atoms with Gasteiger partial charge in [-0.15, -0.1) is 0 Å². The van der Waals surface area contributed by atoms with E-state index in [1.165, 1.54) is 12.1 Å².